The number of carboxylic acid groups (broad SMARTS) is 3. The van der Waals surface area contributed by atoms with Gasteiger partial charge in [-0.1, -0.05) is 69.7 Å². The number of carboxylic acids is 3. The second kappa shape index (κ2) is 20.2. The Balaban J connectivity index is 2.79. The third-order valence-corrected chi connectivity index (χ3v) is 7.27. The number of ether oxygens (including phenoxy) is 1. The summed E-state index contributed by atoms with van der Waals surface area (Å²) in [6.45, 7) is 2.15. The highest BCUT2D eigenvalue weighted by Gasteiger charge is 2.49. The number of unbranched alkanes of at least 4 members (excludes halogenated alkanes) is 8. The summed E-state index contributed by atoms with van der Waals surface area (Å²) in [7, 11) is 1.48. The standard InChI is InChI=1S/C32H47NO10/c1-3-4-5-8-11-14-24(34)15-12-9-6-7-10-13-16-26(32(42,31(40)41)22-28(35)36)29(37)33-27(30(38)39)21-23-17-19-25(43-2)20-18-23/h13,16-20,26-27,42H,3-12,14-15,21-22H2,1-2H3,(H,33,37)(H,35,36)(H,38,39)(H,40,41)/b16-13+/t26-,27-,32-/m0/s1. The van der Waals surface area contributed by atoms with Crippen LogP contribution in [0.15, 0.2) is 36.4 Å². The minimum atomic E-state index is -3.01. The van der Waals surface area contributed by atoms with Crippen molar-refractivity contribution in [2.75, 3.05) is 7.11 Å². The van der Waals surface area contributed by atoms with Gasteiger partial charge in [0.2, 0.25) is 5.91 Å². The fourth-order valence-electron chi connectivity index (χ4n) is 4.69. The van der Waals surface area contributed by atoms with E-state index in [9.17, 15) is 44.4 Å². The molecule has 1 aromatic rings. The summed E-state index contributed by atoms with van der Waals surface area (Å²) in [6.07, 6.45) is 11.3. The molecule has 0 aliphatic rings. The first-order valence-electron chi connectivity index (χ1n) is 15.0. The number of aliphatic carboxylic acids is 3. The second-order valence-electron chi connectivity index (χ2n) is 10.8. The maximum Gasteiger partial charge on any atom is 0.337 e. The molecule has 11 nitrogen and oxygen atoms in total. The molecular formula is C32H47NO10. The summed E-state index contributed by atoms with van der Waals surface area (Å²) in [4.78, 5) is 60.5. The molecule has 1 aromatic carbocycles. The van der Waals surface area contributed by atoms with Crippen molar-refractivity contribution in [3.05, 3.63) is 42.0 Å². The molecule has 1 amide bonds. The molecular weight excluding hydrogens is 558 g/mol. The number of Topliss-reactive ketones (excluding diaryl/α,β-unsaturated/α-hetero) is 1. The predicted octanol–water partition coefficient (Wildman–Crippen LogP) is 4.54. The van der Waals surface area contributed by atoms with E-state index in [-0.39, 0.29) is 12.2 Å². The smallest absolute Gasteiger partial charge is 0.337 e. The van der Waals surface area contributed by atoms with Gasteiger partial charge in [0.05, 0.1) is 19.4 Å². The highest BCUT2D eigenvalue weighted by atomic mass is 16.5. The minimum absolute atomic E-state index is 0.146. The van der Waals surface area contributed by atoms with Crippen LogP contribution in [0, 0.1) is 5.92 Å². The van der Waals surface area contributed by atoms with E-state index < -0.39 is 47.8 Å². The molecule has 5 N–H and O–H groups in total. The van der Waals surface area contributed by atoms with Crippen LogP contribution in [-0.4, -0.2) is 68.8 Å². The molecule has 43 heavy (non-hydrogen) atoms. The number of carbonyl (C=O) groups is 5. The summed E-state index contributed by atoms with van der Waals surface area (Å²) >= 11 is 0. The maximum absolute atomic E-state index is 13.2. The van der Waals surface area contributed by atoms with E-state index in [0.717, 1.165) is 51.0 Å². The van der Waals surface area contributed by atoms with Gasteiger partial charge in [-0.05, 0) is 43.4 Å². The van der Waals surface area contributed by atoms with Crippen LogP contribution in [0.3, 0.4) is 0 Å². The van der Waals surface area contributed by atoms with Gasteiger partial charge in [0.25, 0.3) is 0 Å². The third kappa shape index (κ3) is 14.3. The van der Waals surface area contributed by atoms with Gasteiger partial charge in [-0.25, -0.2) is 9.59 Å². The Kier molecular flexibility index (Phi) is 17.5. The molecule has 0 aliphatic carbocycles. The SMILES string of the molecule is CCCCCCCC(=O)CCCCCC/C=C/[C@@H](C(=O)N[C@@H](Cc1ccc(OC)cc1)C(=O)O)[C@@](O)(CC(=O)O)C(=O)O. The van der Waals surface area contributed by atoms with Gasteiger partial charge < -0.3 is 30.5 Å². The van der Waals surface area contributed by atoms with Crippen LogP contribution in [0.2, 0.25) is 0 Å². The van der Waals surface area contributed by atoms with Gasteiger partial charge >= 0.3 is 17.9 Å². The van der Waals surface area contributed by atoms with Crippen LogP contribution in [0.5, 0.6) is 5.75 Å². The molecule has 0 fully saturated rings. The lowest BCUT2D eigenvalue weighted by molar-refractivity contribution is -0.172. The first kappa shape index (κ1) is 37.3. The molecule has 1 rings (SSSR count). The Morgan fingerprint density at radius 2 is 1.47 bits per heavy atom. The molecule has 0 radical (unpaired) electrons. The van der Waals surface area contributed by atoms with E-state index in [0.29, 0.717) is 37.0 Å². The maximum atomic E-state index is 13.2. The number of hydrogen-bond donors (Lipinski definition) is 5. The number of rotatable bonds is 24. The number of aliphatic hydroxyl groups is 1. The lowest BCUT2D eigenvalue weighted by Crippen LogP contribution is -2.55. The third-order valence-electron chi connectivity index (χ3n) is 7.27. The van der Waals surface area contributed by atoms with Crippen LogP contribution in [0.25, 0.3) is 0 Å². The van der Waals surface area contributed by atoms with Gasteiger partial charge in [-0.2, -0.15) is 0 Å². The van der Waals surface area contributed by atoms with Crippen LogP contribution < -0.4 is 10.1 Å². The van der Waals surface area contributed by atoms with Gasteiger partial charge in [-0.15, -0.1) is 0 Å². The van der Waals surface area contributed by atoms with Crippen molar-refractivity contribution in [2.45, 2.75) is 108 Å². The summed E-state index contributed by atoms with van der Waals surface area (Å²) < 4.78 is 5.08. The van der Waals surface area contributed by atoms with E-state index in [1.54, 1.807) is 24.3 Å². The predicted molar refractivity (Wildman–Crippen MR) is 160 cm³/mol. The van der Waals surface area contributed by atoms with Gasteiger partial charge in [0.1, 0.15) is 17.6 Å². The van der Waals surface area contributed by atoms with Crippen molar-refractivity contribution in [1.29, 1.82) is 0 Å². The Morgan fingerprint density at radius 3 is 1.98 bits per heavy atom. The lowest BCUT2D eigenvalue weighted by Gasteiger charge is -2.29. The van der Waals surface area contributed by atoms with Crippen LogP contribution >= 0.6 is 0 Å². The molecule has 0 saturated carbocycles. The zero-order valence-electron chi connectivity index (χ0n) is 25.3. The molecule has 0 heterocycles. The van der Waals surface area contributed by atoms with Crippen molar-refractivity contribution in [3.8, 4) is 5.75 Å². The molecule has 11 heteroatoms. The molecule has 0 aliphatic heterocycles. The molecule has 0 unspecified atom stereocenters. The first-order chi connectivity index (χ1) is 20.4. The Bertz CT molecular complexity index is 1070. The van der Waals surface area contributed by atoms with Gasteiger partial charge in [0, 0.05) is 19.3 Å². The Hall–Kier alpha value is -3.73. The molecule has 0 bridgehead atoms. The number of hydrogen-bond acceptors (Lipinski definition) is 7. The number of carbonyl (C=O) groups excluding carboxylic acids is 2. The van der Waals surface area contributed by atoms with Gasteiger partial charge in [-0.3, -0.25) is 14.4 Å². The van der Waals surface area contributed by atoms with Crippen molar-refractivity contribution in [2.24, 2.45) is 5.92 Å². The molecule has 3 atom stereocenters. The van der Waals surface area contributed by atoms with Crippen molar-refractivity contribution in [1.82, 2.24) is 5.32 Å². The molecule has 0 saturated heterocycles. The molecule has 0 aromatic heterocycles. The fourth-order valence-corrected chi connectivity index (χ4v) is 4.69. The van der Waals surface area contributed by atoms with Gasteiger partial charge in [0.15, 0.2) is 5.60 Å². The number of allylic oxidation sites excluding steroid dienone is 1. The second-order valence-corrected chi connectivity index (χ2v) is 10.8. The number of nitrogens with one attached hydrogen (secondary N) is 1. The number of benzene rings is 1. The zero-order chi connectivity index (χ0) is 32.3. The van der Waals surface area contributed by atoms with Crippen molar-refractivity contribution in [3.63, 3.8) is 0 Å². The molecule has 240 valence electrons. The minimum Gasteiger partial charge on any atom is -0.497 e. The summed E-state index contributed by atoms with van der Waals surface area (Å²) in [5, 5.41) is 41.7. The quantitative estimate of drug-likeness (QED) is 0.0827. The number of ketones is 1. The van der Waals surface area contributed by atoms with Crippen LogP contribution in [0.4, 0.5) is 0 Å². The highest BCUT2D eigenvalue weighted by Crippen LogP contribution is 2.26. The number of methoxy groups -OCH3 is 1. The highest BCUT2D eigenvalue weighted by molar-refractivity contribution is 5.94. The van der Waals surface area contributed by atoms with E-state index in [2.05, 4.69) is 12.2 Å². The fraction of sp³-hybridized carbons (Fsp3) is 0.594. The van der Waals surface area contributed by atoms with Crippen LogP contribution in [-0.2, 0) is 30.4 Å². The van der Waals surface area contributed by atoms with Crippen molar-refractivity contribution >= 4 is 29.6 Å². The monoisotopic (exact) mass is 605 g/mol. The van der Waals surface area contributed by atoms with E-state index in [1.165, 1.54) is 19.6 Å². The van der Waals surface area contributed by atoms with E-state index >= 15 is 0 Å². The summed E-state index contributed by atoms with van der Waals surface area (Å²) in [5.74, 6) is -7.13. The average molecular weight is 606 g/mol. The van der Waals surface area contributed by atoms with E-state index in [4.69, 9.17) is 4.74 Å². The number of amides is 1. The first-order valence-corrected chi connectivity index (χ1v) is 15.0. The summed E-state index contributed by atoms with van der Waals surface area (Å²) in [5.41, 5.74) is -2.46. The largest absolute Gasteiger partial charge is 0.497 e. The molecule has 0 spiro atoms. The summed E-state index contributed by atoms with van der Waals surface area (Å²) in [6, 6.07) is 4.98. The Morgan fingerprint density at radius 1 is 0.884 bits per heavy atom. The topological polar surface area (TPSA) is 188 Å². The normalized spacial score (nSPS) is 14.0. The lowest BCUT2D eigenvalue weighted by atomic mass is 9.82. The van der Waals surface area contributed by atoms with E-state index in [1.807, 2.05) is 0 Å². The van der Waals surface area contributed by atoms with Crippen LogP contribution in [0.1, 0.15) is 96.0 Å². The average Bonchev–Trinajstić information content (AvgIpc) is 2.95. The van der Waals surface area contributed by atoms with Crippen molar-refractivity contribution < 1.29 is 49.1 Å². The Labute approximate surface area is 253 Å². The zero-order valence-corrected chi connectivity index (χ0v) is 25.3.